The highest BCUT2D eigenvalue weighted by molar-refractivity contribution is 5.41. The van der Waals surface area contributed by atoms with E-state index in [9.17, 15) is 0 Å². The summed E-state index contributed by atoms with van der Waals surface area (Å²) in [5.41, 5.74) is 2.67. The van der Waals surface area contributed by atoms with Gasteiger partial charge >= 0.3 is 0 Å². The van der Waals surface area contributed by atoms with E-state index < -0.39 is 0 Å². The van der Waals surface area contributed by atoms with Crippen LogP contribution in [-0.4, -0.2) is 63.1 Å². The zero-order valence-electron chi connectivity index (χ0n) is 23.9. The smallest absolute Gasteiger partial charge is 0.130 e. The molecule has 0 aromatic heterocycles. The lowest BCUT2D eigenvalue weighted by Crippen LogP contribution is -2.11. The lowest BCUT2D eigenvalue weighted by atomic mass is 10.0. The fourth-order valence-corrected chi connectivity index (χ4v) is 3.89. The Bertz CT molecular complexity index is 719. The molecule has 6 nitrogen and oxygen atoms in total. The fourth-order valence-electron chi connectivity index (χ4n) is 3.89. The predicted octanol–water partition coefficient (Wildman–Crippen LogP) is 6.75. The summed E-state index contributed by atoms with van der Waals surface area (Å²) in [6.07, 6.45) is 12.5. The van der Waals surface area contributed by atoms with Crippen LogP contribution in [0, 0.1) is 0 Å². The Hall–Kier alpha value is -1.96. The van der Waals surface area contributed by atoms with E-state index in [0.717, 1.165) is 24.3 Å². The molecule has 2 aromatic carbocycles. The summed E-state index contributed by atoms with van der Waals surface area (Å²) in [5.74, 6) is 2.06. The molecule has 2 N–H and O–H groups in total. The number of aliphatic hydroxyl groups is 2. The molecule has 0 atom stereocenters. The SMILES string of the molecule is CCCCCCc1ccccc1Oc1ccccc1CCCCCC.OCCOCCOCCOCCO. The average molecular weight is 533 g/mol. The van der Waals surface area contributed by atoms with Gasteiger partial charge in [0.05, 0.1) is 52.9 Å². The van der Waals surface area contributed by atoms with Gasteiger partial charge in [0.2, 0.25) is 0 Å². The van der Waals surface area contributed by atoms with E-state index in [2.05, 4.69) is 62.4 Å². The molecule has 0 bridgehead atoms. The molecule has 2 rings (SSSR count). The third kappa shape index (κ3) is 17.5. The van der Waals surface area contributed by atoms with Gasteiger partial charge in [0, 0.05) is 0 Å². The number of rotatable bonds is 22. The van der Waals surface area contributed by atoms with Crippen LogP contribution in [0.4, 0.5) is 0 Å². The van der Waals surface area contributed by atoms with Crippen LogP contribution in [0.5, 0.6) is 11.5 Å². The molecular formula is C32H52O6. The lowest BCUT2D eigenvalue weighted by Gasteiger charge is -2.14. The second kappa shape index (κ2) is 25.3. The number of aryl methyl sites for hydroxylation is 2. The molecule has 0 unspecified atom stereocenters. The molecule has 0 aliphatic rings. The number of aliphatic hydroxyl groups excluding tert-OH is 2. The van der Waals surface area contributed by atoms with Gasteiger partial charge in [0.25, 0.3) is 0 Å². The Kier molecular flexibility index (Phi) is 22.7. The minimum absolute atomic E-state index is 0.0413. The minimum atomic E-state index is 0.0413. The van der Waals surface area contributed by atoms with Crippen LogP contribution >= 0.6 is 0 Å². The normalized spacial score (nSPS) is 10.7. The molecular weight excluding hydrogens is 480 g/mol. The summed E-state index contributed by atoms with van der Waals surface area (Å²) in [4.78, 5) is 0. The Balaban J connectivity index is 0.000000471. The molecule has 38 heavy (non-hydrogen) atoms. The van der Waals surface area contributed by atoms with Gasteiger partial charge in [-0.3, -0.25) is 0 Å². The highest BCUT2D eigenvalue weighted by Gasteiger charge is 2.08. The number of hydrogen-bond acceptors (Lipinski definition) is 6. The largest absolute Gasteiger partial charge is 0.457 e. The van der Waals surface area contributed by atoms with Crippen molar-refractivity contribution < 1.29 is 29.2 Å². The first-order chi connectivity index (χ1) is 18.8. The molecule has 0 amide bonds. The van der Waals surface area contributed by atoms with Crippen molar-refractivity contribution in [3.63, 3.8) is 0 Å². The summed E-state index contributed by atoms with van der Waals surface area (Å²) in [6.45, 7) is 7.28. The zero-order valence-corrected chi connectivity index (χ0v) is 23.9. The summed E-state index contributed by atoms with van der Waals surface area (Å²) >= 11 is 0. The summed E-state index contributed by atoms with van der Waals surface area (Å²) in [6, 6.07) is 17.1. The van der Waals surface area contributed by atoms with E-state index in [-0.39, 0.29) is 13.2 Å². The maximum atomic E-state index is 8.36. The van der Waals surface area contributed by atoms with Crippen LogP contribution in [0.3, 0.4) is 0 Å². The van der Waals surface area contributed by atoms with Crippen LogP contribution in [-0.2, 0) is 27.1 Å². The number of hydrogen-bond donors (Lipinski definition) is 2. The Morgan fingerprint density at radius 1 is 0.500 bits per heavy atom. The van der Waals surface area contributed by atoms with Crippen molar-refractivity contribution in [2.45, 2.75) is 78.1 Å². The molecule has 0 saturated carbocycles. The maximum absolute atomic E-state index is 8.36. The van der Waals surface area contributed by atoms with Crippen LogP contribution < -0.4 is 4.74 Å². The van der Waals surface area contributed by atoms with Gasteiger partial charge in [-0.05, 0) is 48.9 Å². The molecule has 0 aliphatic carbocycles. The number of benzene rings is 2. The van der Waals surface area contributed by atoms with Gasteiger partial charge in [-0.15, -0.1) is 0 Å². The third-order valence-corrected chi connectivity index (χ3v) is 5.98. The van der Waals surface area contributed by atoms with E-state index in [1.54, 1.807) is 0 Å². The molecule has 0 radical (unpaired) electrons. The van der Waals surface area contributed by atoms with Crippen LogP contribution in [0.25, 0.3) is 0 Å². The molecule has 2 aromatic rings. The summed E-state index contributed by atoms with van der Waals surface area (Å²) in [5, 5.41) is 16.7. The van der Waals surface area contributed by atoms with Gasteiger partial charge in [-0.1, -0.05) is 88.8 Å². The standard InChI is InChI=1S/C24H34O.C8H18O5/c1-3-5-7-9-15-21-17-11-13-19-23(21)25-24-20-14-12-18-22(24)16-10-8-6-4-2;9-1-3-11-5-7-13-8-6-12-4-2-10/h11-14,17-20H,3-10,15-16H2,1-2H3;9-10H,1-8H2. The van der Waals surface area contributed by atoms with Crippen molar-refractivity contribution >= 4 is 0 Å². The van der Waals surface area contributed by atoms with E-state index in [1.165, 1.54) is 62.5 Å². The molecule has 0 saturated heterocycles. The number of unbranched alkanes of at least 4 members (excludes halogenated alkanes) is 6. The minimum Gasteiger partial charge on any atom is -0.457 e. The molecule has 0 aliphatic heterocycles. The molecule has 6 heteroatoms. The van der Waals surface area contributed by atoms with Crippen LogP contribution in [0.2, 0.25) is 0 Å². The first-order valence-electron chi connectivity index (χ1n) is 14.5. The molecule has 216 valence electrons. The second-order valence-corrected chi connectivity index (χ2v) is 9.22. The van der Waals surface area contributed by atoms with Gasteiger partial charge in [-0.25, -0.2) is 0 Å². The third-order valence-electron chi connectivity index (χ3n) is 5.98. The number of ether oxygens (including phenoxy) is 4. The second-order valence-electron chi connectivity index (χ2n) is 9.22. The highest BCUT2D eigenvalue weighted by atomic mass is 16.5. The van der Waals surface area contributed by atoms with Gasteiger partial charge < -0.3 is 29.2 Å². The van der Waals surface area contributed by atoms with Crippen molar-refractivity contribution in [1.82, 2.24) is 0 Å². The molecule has 0 fully saturated rings. The van der Waals surface area contributed by atoms with Gasteiger partial charge in [-0.2, -0.15) is 0 Å². The monoisotopic (exact) mass is 532 g/mol. The lowest BCUT2D eigenvalue weighted by molar-refractivity contribution is 0.00230. The molecule has 0 spiro atoms. The number of para-hydroxylation sites is 2. The maximum Gasteiger partial charge on any atom is 0.130 e. The Morgan fingerprint density at radius 3 is 1.29 bits per heavy atom. The van der Waals surface area contributed by atoms with E-state index in [4.69, 9.17) is 29.2 Å². The van der Waals surface area contributed by atoms with Crippen molar-refractivity contribution in [3.8, 4) is 11.5 Å². The van der Waals surface area contributed by atoms with Gasteiger partial charge in [0.1, 0.15) is 11.5 Å². The topological polar surface area (TPSA) is 77.4 Å². The summed E-state index contributed by atoms with van der Waals surface area (Å²) in [7, 11) is 0. The van der Waals surface area contributed by atoms with Gasteiger partial charge in [0.15, 0.2) is 0 Å². The fraction of sp³-hybridized carbons (Fsp3) is 0.625. The van der Waals surface area contributed by atoms with E-state index in [0.29, 0.717) is 39.6 Å². The molecule has 0 heterocycles. The Morgan fingerprint density at radius 2 is 0.895 bits per heavy atom. The first-order valence-corrected chi connectivity index (χ1v) is 14.5. The first kappa shape index (κ1) is 34.1. The quantitative estimate of drug-likeness (QED) is 0.163. The zero-order chi connectivity index (χ0) is 27.5. The van der Waals surface area contributed by atoms with Crippen molar-refractivity contribution in [1.29, 1.82) is 0 Å². The Labute approximate surface area is 231 Å². The summed E-state index contributed by atoms with van der Waals surface area (Å²) < 4.78 is 21.4. The predicted molar refractivity (Wildman–Crippen MR) is 155 cm³/mol. The van der Waals surface area contributed by atoms with E-state index >= 15 is 0 Å². The van der Waals surface area contributed by atoms with Crippen molar-refractivity contribution in [2.75, 3.05) is 52.9 Å². The van der Waals surface area contributed by atoms with Crippen LogP contribution in [0.15, 0.2) is 48.5 Å². The van der Waals surface area contributed by atoms with Crippen LogP contribution in [0.1, 0.15) is 76.3 Å². The van der Waals surface area contributed by atoms with Crippen molar-refractivity contribution in [3.05, 3.63) is 59.7 Å². The van der Waals surface area contributed by atoms with Crippen molar-refractivity contribution in [2.24, 2.45) is 0 Å². The average Bonchev–Trinajstić information content (AvgIpc) is 2.94. The highest BCUT2D eigenvalue weighted by Crippen LogP contribution is 2.30. The van der Waals surface area contributed by atoms with E-state index in [1.807, 2.05) is 0 Å².